The van der Waals surface area contributed by atoms with Gasteiger partial charge in [-0.25, -0.2) is 0 Å². The van der Waals surface area contributed by atoms with Crippen LogP contribution in [0.3, 0.4) is 0 Å². The predicted molar refractivity (Wildman–Crippen MR) is 216 cm³/mol. The van der Waals surface area contributed by atoms with Crippen molar-refractivity contribution in [2.45, 2.75) is 0 Å². The summed E-state index contributed by atoms with van der Waals surface area (Å²) in [5.41, 5.74) is 12.1. The summed E-state index contributed by atoms with van der Waals surface area (Å²) in [5.74, 6) is 0. The third-order valence-electron chi connectivity index (χ3n) is 9.83. The van der Waals surface area contributed by atoms with Gasteiger partial charge >= 0.3 is 0 Å². The van der Waals surface area contributed by atoms with E-state index in [1.807, 2.05) is 30.3 Å². The Bertz CT molecular complexity index is 2850. The normalized spacial score (nSPS) is 11.5. The van der Waals surface area contributed by atoms with Gasteiger partial charge in [0.2, 0.25) is 0 Å². The zero-order valence-corrected chi connectivity index (χ0v) is 28.2. The summed E-state index contributed by atoms with van der Waals surface area (Å²) in [5, 5.41) is 4.48. The number of anilines is 6. The van der Waals surface area contributed by atoms with Crippen LogP contribution in [0.15, 0.2) is 203 Å². The minimum absolute atomic E-state index is 0.869. The lowest BCUT2D eigenvalue weighted by atomic mass is 10.0. The van der Waals surface area contributed by atoms with Crippen molar-refractivity contribution >= 4 is 78.0 Å². The summed E-state index contributed by atoms with van der Waals surface area (Å²) in [6.07, 6.45) is 0. The summed E-state index contributed by atoms with van der Waals surface area (Å²) in [6.45, 7) is 0. The third-order valence-corrected chi connectivity index (χ3v) is 9.83. The molecule has 0 atom stereocenters. The third kappa shape index (κ3) is 5.17. The van der Waals surface area contributed by atoms with E-state index in [0.717, 1.165) is 89.1 Å². The van der Waals surface area contributed by atoms with Gasteiger partial charge < -0.3 is 18.6 Å². The van der Waals surface area contributed by atoms with Crippen LogP contribution in [-0.2, 0) is 0 Å². The molecule has 0 aliphatic rings. The Morgan fingerprint density at radius 1 is 0.250 bits per heavy atom. The first-order valence-corrected chi connectivity index (χ1v) is 17.5. The molecule has 0 unspecified atom stereocenters. The Morgan fingerprint density at radius 3 is 1.21 bits per heavy atom. The zero-order chi connectivity index (χ0) is 34.4. The molecule has 0 N–H and O–H groups in total. The summed E-state index contributed by atoms with van der Waals surface area (Å²) < 4.78 is 12.6. The van der Waals surface area contributed by atoms with E-state index in [0.29, 0.717) is 0 Å². The molecule has 0 spiro atoms. The number of para-hydroxylation sites is 4. The minimum Gasteiger partial charge on any atom is -0.456 e. The van der Waals surface area contributed by atoms with Crippen molar-refractivity contribution in [2.75, 3.05) is 9.80 Å². The molecule has 0 fully saturated rings. The van der Waals surface area contributed by atoms with Gasteiger partial charge in [-0.05, 0) is 96.1 Å². The number of rotatable bonds is 7. The summed E-state index contributed by atoms with van der Waals surface area (Å²) in [6, 6.07) is 67.9. The number of nitrogens with zero attached hydrogens (tertiary/aromatic N) is 2. The molecule has 0 radical (unpaired) electrons. The summed E-state index contributed by atoms with van der Waals surface area (Å²) >= 11 is 0. The van der Waals surface area contributed by atoms with Crippen molar-refractivity contribution in [1.82, 2.24) is 0 Å². The lowest BCUT2D eigenvalue weighted by Gasteiger charge is -2.26. The Morgan fingerprint density at radius 2 is 0.654 bits per heavy atom. The smallest absolute Gasteiger partial charge is 0.137 e. The molecule has 8 aromatic carbocycles. The highest BCUT2D eigenvalue weighted by Gasteiger charge is 2.18. The highest BCUT2D eigenvalue weighted by Crippen LogP contribution is 2.41. The van der Waals surface area contributed by atoms with E-state index < -0.39 is 0 Å². The van der Waals surface area contributed by atoms with E-state index in [-0.39, 0.29) is 0 Å². The predicted octanol–water partition coefficient (Wildman–Crippen LogP) is 14.1. The second kappa shape index (κ2) is 12.4. The molecule has 4 nitrogen and oxygen atoms in total. The number of hydrogen-bond acceptors (Lipinski definition) is 4. The lowest BCUT2D eigenvalue weighted by molar-refractivity contribution is 0.668. The van der Waals surface area contributed by atoms with Gasteiger partial charge in [0, 0.05) is 67.8 Å². The topological polar surface area (TPSA) is 32.8 Å². The van der Waals surface area contributed by atoms with E-state index in [2.05, 4.69) is 174 Å². The zero-order valence-electron chi connectivity index (χ0n) is 28.2. The van der Waals surface area contributed by atoms with Crippen molar-refractivity contribution in [3.05, 3.63) is 194 Å². The van der Waals surface area contributed by atoms with Gasteiger partial charge in [0.25, 0.3) is 0 Å². The summed E-state index contributed by atoms with van der Waals surface area (Å²) in [4.78, 5) is 4.56. The maximum atomic E-state index is 6.30. The Balaban J connectivity index is 1.03. The fourth-order valence-corrected chi connectivity index (χ4v) is 7.38. The first-order valence-electron chi connectivity index (χ1n) is 17.5. The van der Waals surface area contributed by atoms with Gasteiger partial charge in [-0.1, -0.05) is 97.1 Å². The molecular formula is C48H32N2O2. The highest BCUT2D eigenvalue weighted by atomic mass is 16.3. The molecule has 2 aromatic heterocycles. The number of benzene rings is 8. The fraction of sp³-hybridized carbons (Fsp3) is 0. The standard InChI is InChI=1S/C48H32N2O2/c1-3-13-35(14-4-1)49(39-26-28-43-41-18-7-9-20-45(41)51-47(43)31-39)37-24-22-33(23-25-37)34-12-11-17-38(30-34)50(36-15-5-2-6-16-36)40-27-29-44-42-19-8-10-21-46(42)52-48(44)32-40/h1-32H. The molecule has 10 aromatic rings. The largest absolute Gasteiger partial charge is 0.456 e. The minimum atomic E-state index is 0.869. The molecule has 0 saturated heterocycles. The molecule has 0 bridgehead atoms. The van der Waals surface area contributed by atoms with Crippen molar-refractivity contribution in [1.29, 1.82) is 0 Å². The van der Waals surface area contributed by atoms with Crippen LogP contribution in [0.25, 0.3) is 55.0 Å². The lowest BCUT2D eigenvalue weighted by Crippen LogP contribution is -2.10. The molecule has 246 valence electrons. The van der Waals surface area contributed by atoms with Gasteiger partial charge in [-0.2, -0.15) is 0 Å². The molecule has 0 amide bonds. The van der Waals surface area contributed by atoms with Crippen molar-refractivity contribution in [2.24, 2.45) is 0 Å². The van der Waals surface area contributed by atoms with Crippen LogP contribution in [0.2, 0.25) is 0 Å². The van der Waals surface area contributed by atoms with Crippen LogP contribution in [-0.4, -0.2) is 0 Å². The first kappa shape index (κ1) is 29.8. The average Bonchev–Trinajstić information content (AvgIpc) is 3.77. The number of fused-ring (bicyclic) bond motifs is 6. The van der Waals surface area contributed by atoms with Crippen molar-refractivity contribution < 1.29 is 8.83 Å². The maximum Gasteiger partial charge on any atom is 0.137 e. The molecule has 0 aliphatic carbocycles. The van der Waals surface area contributed by atoms with E-state index >= 15 is 0 Å². The van der Waals surface area contributed by atoms with Gasteiger partial charge in [0.15, 0.2) is 0 Å². The molecule has 0 aliphatic heterocycles. The quantitative estimate of drug-likeness (QED) is 0.169. The second-order valence-corrected chi connectivity index (χ2v) is 13.0. The number of furan rings is 2. The van der Waals surface area contributed by atoms with Crippen LogP contribution >= 0.6 is 0 Å². The van der Waals surface area contributed by atoms with E-state index in [1.54, 1.807) is 0 Å². The molecule has 4 heteroatoms. The highest BCUT2D eigenvalue weighted by molar-refractivity contribution is 6.07. The van der Waals surface area contributed by atoms with E-state index in [9.17, 15) is 0 Å². The van der Waals surface area contributed by atoms with Crippen LogP contribution in [0.5, 0.6) is 0 Å². The SMILES string of the molecule is c1ccc(N(c2ccc(-c3cccc(N(c4ccccc4)c4ccc5c(c4)oc4ccccc45)c3)cc2)c2ccc3c(c2)oc2ccccc23)cc1. The Hall–Kier alpha value is -7.04. The van der Waals surface area contributed by atoms with Gasteiger partial charge in [0.1, 0.15) is 22.3 Å². The molecular weight excluding hydrogens is 637 g/mol. The van der Waals surface area contributed by atoms with Crippen LogP contribution in [0.1, 0.15) is 0 Å². The molecule has 2 heterocycles. The van der Waals surface area contributed by atoms with Gasteiger partial charge in [0.05, 0.1) is 0 Å². The van der Waals surface area contributed by atoms with Gasteiger partial charge in [-0.3, -0.25) is 0 Å². The summed E-state index contributed by atoms with van der Waals surface area (Å²) in [7, 11) is 0. The van der Waals surface area contributed by atoms with Crippen LogP contribution in [0, 0.1) is 0 Å². The first-order chi connectivity index (χ1) is 25.8. The van der Waals surface area contributed by atoms with E-state index in [4.69, 9.17) is 8.83 Å². The van der Waals surface area contributed by atoms with Crippen LogP contribution < -0.4 is 9.80 Å². The molecule has 0 saturated carbocycles. The Kier molecular flexibility index (Phi) is 7.10. The van der Waals surface area contributed by atoms with Gasteiger partial charge in [-0.15, -0.1) is 0 Å². The number of hydrogen-bond donors (Lipinski definition) is 0. The van der Waals surface area contributed by atoms with Crippen molar-refractivity contribution in [3.63, 3.8) is 0 Å². The average molecular weight is 669 g/mol. The molecule has 10 rings (SSSR count). The van der Waals surface area contributed by atoms with Crippen molar-refractivity contribution in [3.8, 4) is 11.1 Å². The maximum absolute atomic E-state index is 6.30. The Labute approximate surface area is 301 Å². The fourth-order valence-electron chi connectivity index (χ4n) is 7.38. The second-order valence-electron chi connectivity index (χ2n) is 13.0. The monoisotopic (exact) mass is 668 g/mol. The molecule has 52 heavy (non-hydrogen) atoms. The van der Waals surface area contributed by atoms with E-state index in [1.165, 1.54) is 0 Å². The van der Waals surface area contributed by atoms with Crippen LogP contribution in [0.4, 0.5) is 34.1 Å².